The fourth-order valence-corrected chi connectivity index (χ4v) is 4.75. The summed E-state index contributed by atoms with van der Waals surface area (Å²) in [5, 5.41) is 3.11. The average Bonchev–Trinajstić information content (AvgIpc) is 3.17. The largest absolute Gasteiger partial charge is 0.342 e. The van der Waals surface area contributed by atoms with E-state index in [1.54, 1.807) is 11.8 Å². The first kappa shape index (κ1) is 18.3. The second-order valence-electron chi connectivity index (χ2n) is 6.95. The van der Waals surface area contributed by atoms with Crippen LogP contribution in [0.1, 0.15) is 45.4 Å². The van der Waals surface area contributed by atoms with Crippen LogP contribution in [-0.2, 0) is 9.59 Å². The molecule has 0 radical (unpaired) electrons. The molecular weight excluding hydrogens is 332 g/mol. The van der Waals surface area contributed by atoms with Crippen LogP contribution in [0.25, 0.3) is 0 Å². The van der Waals surface area contributed by atoms with E-state index in [-0.39, 0.29) is 23.7 Å². The molecule has 4 nitrogen and oxygen atoms in total. The molecular formula is C20H28N2O2S. The van der Waals surface area contributed by atoms with Gasteiger partial charge in [0.1, 0.15) is 0 Å². The van der Waals surface area contributed by atoms with Crippen molar-refractivity contribution in [1.82, 2.24) is 4.90 Å². The SMILES string of the molecule is CCSc1ccccc1NC(=O)[C@H]1CCCC[C@H]1C(=O)N1CCCC1. The third-order valence-corrected chi connectivity index (χ3v) is 6.24. The molecule has 1 N–H and O–H groups in total. The first-order chi connectivity index (χ1) is 12.2. The molecule has 1 aliphatic heterocycles. The molecule has 1 saturated carbocycles. The minimum Gasteiger partial charge on any atom is -0.342 e. The van der Waals surface area contributed by atoms with Gasteiger partial charge in [0, 0.05) is 29.8 Å². The van der Waals surface area contributed by atoms with E-state index in [4.69, 9.17) is 0 Å². The molecule has 2 amide bonds. The van der Waals surface area contributed by atoms with Gasteiger partial charge in [-0.15, -0.1) is 11.8 Å². The second-order valence-corrected chi connectivity index (χ2v) is 8.25. The Kier molecular flexibility index (Phi) is 6.40. The third kappa shape index (κ3) is 4.38. The normalized spacial score (nSPS) is 23.5. The van der Waals surface area contributed by atoms with Crippen LogP contribution in [0, 0.1) is 11.8 Å². The van der Waals surface area contributed by atoms with Crippen LogP contribution >= 0.6 is 11.8 Å². The van der Waals surface area contributed by atoms with Gasteiger partial charge < -0.3 is 10.2 Å². The number of nitrogens with zero attached hydrogens (tertiary/aromatic N) is 1. The zero-order valence-electron chi connectivity index (χ0n) is 15.0. The second kappa shape index (κ2) is 8.75. The van der Waals surface area contributed by atoms with Gasteiger partial charge in [0.05, 0.1) is 5.69 Å². The number of nitrogens with one attached hydrogen (secondary N) is 1. The summed E-state index contributed by atoms with van der Waals surface area (Å²) < 4.78 is 0. The molecule has 2 atom stereocenters. The molecule has 1 aromatic rings. The van der Waals surface area contributed by atoms with Gasteiger partial charge in [0.15, 0.2) is 0 Å². The standard InChI is InChI=1S/C20H28N2O2S/c1-2-25-18-12-6-5-11-17(18)21-19(23)15-9-3-4-10-16(15)20(24)22-13-7-8-14-22/h5-6,11-12,15-16H,2-4,7-10,13-14H2,1H3,(H,21,23)/t15-,16+/m0/s1. The Hall–Kier alpha value is -1.49. The van der Waals surface area contributed by atoms with E-state index in [9.17, 15) is 9.59 Å². The molecule has 2 aliphatic rings. The Morgan fingerprint density at radius 3 is 2.48 bits per heavy atom. The quantitative estimate of drug-likeness (QED) is 0.802. The molecule has 1 aliphatic carbocycles. The Morgan fingerprint density at radius 2 is 1.76 bits per heavy atom. The van der Waals surface area contributed by atoms with Gasteiger partial charge in [-0.2, -0.15) is 0 Å². The molecule has 0 aromatic heterocycles. The van der Waals surface area contributed by atoms with Crippen LogP contribution in [0.4, 0.5) is 5.69 Å². The summed E-state index contributed by atoms with van der Waals surface area (Å²) in [6, 6.07) is 7.94. The molecule has 136 valence electrons. The van der Waals surface area contributed by atoms with Crippen molar-refractivity contribution in [3.63, 3.8) is 0 Å². The Balaban J connectivity index is 1.71. The van der Waals surface area contributed by atoms with Crippen molar-refractivity contribution in [3.05, 3.63) is 24.3 Å². The van der Waals surface area contributed by atoms with Gasteiger partial charge in [-0.1, -0.05) is 31.9 Å². The fraction of sp³-hybridized carbons (Fsp3) is 0.600. The number of likely N-dealkylation sites (tertiary alicyclic amines) is 1. The summed E-state index contributed by atoms with van der Waals surface area (Å²) in [4.78, 5) is 28.9. The van der Waals surface area contributed by atoms with E-state index in [0.717, 1.165) is 68.0 Å². The fourth-order valence-electron chi connectivity index (χ4n) is 3.99. The van der Waals surface area contributed by atoms with Crippen molar-refractivity contribution in [2.45, 2.75) is 50.3 Å². The van der Waals surface area contributed by atoms with Crippen molar-refractivity contribution in [2.24, 2.45) is 11.8 Å². The molecule has 5 heteroatoms. The van der Waals surface area contributed by atoms with Crippen LogP contribution in [0.15, 0.2) is 29.2 Å². The molecule has 1 saturated heterocycles. The zero-order chi connectivity index (χ0) is 17.6. The molecule has 2 fully saturated rings. The number of carbonyl (C=O) groups excluding carboxylic acids is 2. The summed E-state index contributed by atoms with van der Waals surface area (Å²) in [6.45, 7) is 3.83. The summed E-state index contributed by atoms with van der Waals surface area (Å²) >= 11 is 1.73. The first-order valence-electron chi connectivity index (χ1n) is 9.52. The zero-order valence-corrected chi connectivity index (χ0v) is 15.8. The van der Waals surface area contributed by atoms with Crippen LogP contribution in [0.3, 0.4) is 0 Å². The summed E-state index contributed by atoms with van der Waals surface area (Å²) in [5.74, 6) is 0.848. The lowest BCUT2D eigenvalue weighted by Gasteiger charge is -2.32. The Labute approximate surface area is 154 Å². The van der Waals surface area contributed by atoms with E-state index < -0.39 is 0 Å². The molecule has 1 heterocycles. The highest BCUT2D eigenvalue weighted by molar-refractivity contribution is 7.99. The van der Waals surface area contributed by atoms with Crippen molar-refractivity contribution in [1.29, 1.82) is 0 Å². The van der Waals surface area contributed by atoms with E-state index in [2.05, 4.69) is 12.2 Å². The predicted octanol–water partition coefficient (Wildman–Crippen LogP) is 4.17. The smallest absolute Gasteiger partial charge is 0.228 e. The number of amides is 2. The molecule has 3 rings (SSSR count). The minimum absolute atomic E-state index is 0.0152. The third-order valence-electron chi connectivity index (χ3n) is 5.28. The Bertz CT molecular complexity index is 613. The van der Waals surface area contributed by atoms with Crippen LogP contribution < -0.4 is 5.32 Å². The number of anilines is 1. The lowest BCUT2D eigenvalue weighted by molar-refractivity contribution is -0.141. The number of rotatable bonds is 5. The van der Waals surface area contributed by atoms with Crippen molar-refractivity contribution < 1.29 is 9.59 Å². The van der Waals surface area contributed by atoms with E-state index in [1.807, 2.05) is 29.2 Å². The molecule has 1 aromatic carbocycles. The molecule has 25 heavy (non-hydrogen) atoms. The van der Waals surface area contributed by atoms with Gasteiger partial charge >= 0.3 is 0 Å². The maximum atomic E-state index is 13.0. The maximum absolute atomic E-state index is 13.0. The highest BCUT2D eigenvalue weighted by Gasteiger charge is 2.38. The number of carbonyl (C=O) groups is 2. The minimum atomic E-state index is -0.193. The predicted molar refractivity (Wildman–Crippen MR) is 103 cm³/mol. The van der Waals surface area contributed by atoms with E-state index >= 15 is 0 Å². The topological polar surface area (TPSA) is 49.4 Å². The van der Waals surface area contributed by atoms with Gasteiger partial charge in [-0.05, 0) is 43.6 Å². The number of hydrogen-bond acceptors (Lipinski definition) is 3. The van der Waals surface area contributed by atoms with Crippen LogP contribution in [0.2, 0.25) is 0 Å². The Morgan fingerprint density at radius 1 is 1.08 bits per heavy atom. The monoisotopic (exact) mass is 360 g/mol. The van der Waals surface area contributed by atoms with Crippen molar-refractivity contribution >= 4 is 29.3 Å². The van der Waals surface area contributed by atoms with Crippen molar-refractivity contribution in [2.75, 3.05) is 24.2 Å². The highest BCUT2D eigenvalue weighted by Crippen LogP contribution is 2.34. The summed E-state index contributed by atoms with van der Waals surface area (Å²) in [7, 11) is 0. The average molecular weight is 361 g/mol. The molecule has 0 bridgehead atoms. The van der Waals surface area contributed by atoms with Gasteiger partial charge in [0.25, 0.3) is 0 Å². The van der Waals surface area contributed by atoms with Crippen molar-refractivity contribution in [3.8, 4) is 0 Å². The van der Waals surface area contributed by atoms with Crippen LogP contribution in [0.5, 0.6) is 0 Å². The summed E-state index contributed by atoms with van der Waals surface area (Å²) in [6.07, 6.45) is 5.94. The number of thioether (sulfide) groups is 1. The lowest BCUT2D eigenvalue weighted by atomic mass is 9.77. The number of hydrogen-bond donors (Lipinski definition) is 1. The summed E-state index contributed by atoms with van der Waals surface area (Å²) in [5.41, 5.74) is 0.872. The van der Waals surface area contributed by atoms with Gasteiger partial charge in [0.2, 0.25) is 11.8 Å². The molecule has 0 unspecified atom stereocenters. The van der Waals surface area contributed by atoms with E-state index in [0.29, 0.717) is 0 Å². The molecule has 0 spiro atoms. The van der Waals surface area contributed by atoms with Crippen LogP contribution in [-0.4, -0.2) is 35.6 Å². The lowest BCUT2D eigenvalue weighted by Crippen LogP contribution is -2.42. The highest BCUT2D eigenvalue weighted by atomic mass is 32.2. The maximum Gasteiger partial charge on any atom is 0.228 e. The first-order valence-corrected chi connectivity index (χ1v) is 10.5. The van der Waals surface area contributed by atoms with Gasteiger partial charge in [-0.3, -0.25) is 9.59 Å². The number of para-hydroxylation sites is 1. The van der Waals surface area contributed by atoms with E-state index in [1.165, 1.54) is 0 Å². The van der Waals surface area contributed by atoms with Gasteiger partial charge in [-0.25, -0.2) is 0 Å². The number of benzene rings is 1.